The van der Waals surface area contributed by atoms with Crippen molar-refractivity contribution in [2.24, 2.45) is 5.73 Å². The van der Waals surface area contributed by atoms with Crippen LogP contribution in [0.1, 0.15) is 5.56 Å². The lowest BCUT2D eigenvalue weighted by Gasteiger charge is -2.34. The van der Waals surface area contributed by atoms with Crippen molar-refractivity contribution in [1.82, 2.24) is 10.2 Å². The molecule has 1 aromatic carbocycles. The van der Waals surface area contributed by atoms with E-state index in [4.69, 9.17) is 17.3 Å². The minimum Gasteiger partial charge on any atom is -0.368 e. The first-order chi connectivity index (χ1) is 8.16. The SMILES string of the molecule is NC(=O)C1CNCCN1Cc1cccc(Cl)c1. The van der Waals surface area contributed by atoms with E-state index < -0.39 is 0 Å². The van der Waals surface area contributed by atoms with Gasteiger partial charge in [-0.05, 0) is 17.7 Å². The van der Waals surface area contributed by atoms with Gasteiger partial charge in [0.05, 0.1) is 0 Å². The molecule has 1 aliphatic rings. The number of hydrogen-bond acceptors (Lipinski definition) is 3. The van der Waals surface area contributed by atoms with Gasteiger partial charge < -0.3 is 11.1 Å². The molecule has 3 N–H and O–H groups in total. The Balaban J connectivity index is 2.08. The van der Waals surface area contributed by atoms with Crippen LogP contribution in [0.5, 0.6) is 0 Å². The highest BCUT2D eigenvalue weighted by atomic mass is 35.5. The third-order valence-corrected chi connectivity index (χ3v) is 3.19. The average molecular weight is 254 g/mol. The molecule has 1 aliphatic heterocycles. The minimum absolute atomic E-state index is 0.234. The molecule has 0 bridgehead atoms. The lowest BCUT2D eigenvalue weighted by Crippen LogP contribution is -2.56. The molecule has 1 aromatic rings. The van der Waals surface area contributed by atoms with Crippen molar-refractivity contribution >= 4 is 17.5 Å². The van der Waals surface area contributed by atoms with Gasteiger partial charge in [-0.1, -0.05) is 23.7 Å². The van der Waals surface area contributed by atoms with E-state index >= 15 is 0 Å². The Kier molecular flexibility index (Phi) is 3.99. The van der Waals surface area contributed by atoms with Gasteiger partial charge in [0.25, 0.3) is 0 Å². The van der Waals surface area contributed by atoms with Crippen molar-refractivity contribution in [1.29, 1.82) is 0 Å². The molecule has 0 aliphatic carbocycles. The standard InChI is InChI=1S/C12H16ClN3O/c13-10-3-1-2-9(6-10)8-16-5-4-15-7-11(16)12(14)17/h1-3,6,11,15H,4-5,7-8H2,(H2,14,17). The molecule has 1 atom stereocenters. The number of carbonyl (C=O) groups excluding carboxylic acids is 1. The van der Waals surface area contributed by atoms with Crippen LogP contribution in [-0.4, -0.2) is 36.5 Å². The van der Waals surface area contributed by atoms with Crippen LogP contribution in [0.25, 0.3) is 0 Å². The number of halogens is 1. The number of amides is 1. The minimum atomic E-state index is -0.278. The molecule has 1 heterocycles. The van der Waals surface area contributed by atoms with Gasteiger partial charge in [-0.25, -0.2) is 0 Å². The van der Waals surface area contributed by atoms with E-state index in [0.717, 1.165) is 18.7 Å². The zero-order valence-electron chi connectivity index (χ0n) is 9.53. The van der Waals surface area contributed by atoms with Crippen LogP contribution in [0.15, 0.2) is 24.3 Å². The molecule has 2 rings (SSSR count). The van der Waals surface area contributed by atoms with Crippen LogP contribution >= 0.6 is 11.6 Å². The summed E-state index contributed by atoms with van der Waals surface area (Å²) in [6, 6.07) is 7.45. The second-order valence-electron chi connectivity index (χ2n) is 4.22. The van der Waals surface area contributed by atoms with Crippen LogP contribution in [0.3, 0.4) is 0 Å². The summed E-state index contributed by atoms with van der Waals surface area (Å²) in [6.45, 7) is 3.02. The second-order valence-corrected chi connectivity index (χ2v) is 4.66. The maximum Gasteiger partial charge on any atom is 0.236 e. The highest BCUT2D eigenvalue weighted by Crippen LogP contribution is 2.14. The molecule has 5 heteroatoms. The van der Waals surface area contributed by atoms with E-state index in [0.29, 0.717) is 18.1 Å². The van der Waals surface area contributed by atoms with Gasteiger partial charge in [0.1, 0.15) is 6.04 Å². The molecular weight excluding hydrogens is 238 g/mol. The summed E-state index contributed by atoms with van der Waals surface area (Å²) in [4.78, 5) is 13.4. The Morgan fingerprint density at radius 1 is 1.59 bits per heavy atom. The Labute approximate surface area is 106 Å². The Morgan fingerprint density at radius 3 is 3.12 bits per heavy atom. The lowest BCUT2D eigenvalue weighted by atomic mass is 10.1. The highest BCUT2D eigenvalue weighted by Gasteiger charge is 2.26. The van der Waals surface area contributed by atoms with Gasteiger partial charge in [-0.15, -0.1) is 0 Å². The lowest BCUT2D eigenvalue weighted by molar-refractivity contribution is -0.124. The number of nitrogens with two attached hydrogens (primary N) is 1. The van der Waals surface area contributed by atoms with Gasteiger partial charge in [-0.3, -0.25) is 9.69 Å². The van der Waals surface area contributed by atoms with Crippen molar-refractivity contribution in [2.45, 2.75) is 12.6 Å². The third kappa shape index (κ3) is 3.19. The second kappa shape index (κ2) is 5.49. The zero-order valence-corrected chi connectivity index (χ0v) is 10.3. The molecule has 0 spiro atoms. The van der Waals surface area contributed by atoms with Crippen molar-refractivity contribution < 1.29 is 4.79 Å². The first kappa shape index (κ1) is 12.4. The van der Waals surface area contributed by atoms with E-state index in [1.807, 2.05) is 24.3 Å². The predicted octanol–water partition coefficient (Wildman–Crippen LogP) is 0.599. The first-order valence-corrected chi connectivity index (χ1v) is 6.03. The smallest absolute Gasteiger partial charge is 0.236 e. The van der Waals surface area contributed by atoms with E-state index in [-0.39, 0.29) is 11.9 Å². The molecule has 1 saturated heterocycles. The van der Waals surface area contributed by atoms with Crippen molar-refractivity contribution in [3.8, 4) is 0 Å². The molecule has 0 saturated carbocycles. The summed E-state index contributed by atoms with van der Waals surface area (Å²) >= 11 is 5.94. The monoisotopic (exact) mass is 253 g/mol. The molecule has 4 nitrogen and oxygen atoms in total. The van der Waals surface area contributed by atoms with E-state index in [1.165, 1.54) is 0 Å². The number of nitrogens with one attached hydrogen (secondary N) is 1. The van der Waals surface area contributed by atoms with Crippen LogP contribution in [-0.2, 0) is 11.3 Å². The highest BCUT2D eigenvalue weighted by molar-refractivity contribution is 6.30. The van der Waals surface area contributed by atoms with Crippen molar-refractivity contribution in [2.75, 3.05) is 19.6 Å². The average Bonchev–Trinajstić information content (AvgIpc) is 2.29. The molecule has 0 aromatic heterocycles. The fourth-order valence-electron chi connectivity index (χ4n) is 2.09. The van der Waals surface area contributed by atoms with Crippen LogP contribution < -0.4 is 11.1 Å². The molecule has 92 valence electrons. The number of piperazine rings is 1. The van der Waals surface area contributed by atoms with Gasteiger partial charge in [0, 0.05) is 31.2 Å². The van der Waals surface area contributed by atoms with Crippen molar-refractivity contribution in [3.05, 3.63) is 34.9 Å². The maximum atomic E-state index is 11.3. The van der Waals surface area contributed by atoms with Gasteiger partial charge in [-0.2, -0.15) is 0 Å². The van der Waals surface area contributed by atoms with Gasteiger partial charge in [0.2, 0.25) is 5.91 Å². The van der Waals surface area contributed by atoms with E-state index in [2.05, 4.69) is 10.2 Å². The number of primary amides is 1. The van der Waals surface area contributed by atoms with Crippen LogP contribution in [0, 0.1) is 0 Å². The van der Waals surface area contributed by atoms with E-state index in [9.17, 15) is 4.79 Å². The summed E-state index contributed by atoms with van der Waals surface area (Å²) in [6.07, 6.45) is 0. The summed E-state index contributed by atoms with van der Waals surface area (Å²) in [5, 5.41) is 3.89. The normalized spacial score (nSPS) is 21.4. The first-order valence-electron chi connectivity index (χ1n) is 5.65. The van der Waals surface area contributed by atoms with Crippen LogP contribution in [0.4, 0.5) is 0 Å². The Hall–Kier alpha value is -1.10. The zero-order chi connectivity index (χ0) is 12.3. The number of nitrogens with zero attached hydrogens (tertiary/aromatic N) is 1. The summed E-state index contributed by atoms with van der Waals surface area (Å²) in [5.74, 6) is -0.278. The third-order valence-electron chi connectivity index (χ3n) is 2.96. The van der Waals surface area contributed by atoms with E-state index in [1.54, 1.807) is 0 Å². The number of hydrogen-bond donors (Lipinski definition) is 2. The topological polar surface area (TPSA) is 58.4 Å². The quantitative estimate of drug-likeness (QED) is 0.830. The molecule has 17 heavy (non-hydrogen) atoms. The Bertz CT molecular complexity index is 410. The van der Waals surface area contributed by atoms with Gasteiger partial charge >= 0.3 is 0 Å². The fraction of sp³-hybridized carbons (Fsp3) is 0.417. The maximum absolute atomic E-state index is 11.3. The molecule has 1 unspecified atom stereocenters. The van der Waals surface area contributed by atoms with Gasteiger partial charge in [0.15, 0.2) is 0 Å². The summed E-state index contributed by atoms with van der Waals surface area (Å²) in [5.41, 5.74) is 6.50. The van der Waals surface area contributed by atoms with Crippen LogP contribution in [0.2, 0.25) is 5.02 Å². The number of rotatable bonds is 3. The summed E-state index contributed by atoms with van der Waals surface area (Å²) < 4.78 is 0. The van der Waals surface area contributed by atoms with Crippen molar-refractivity contribution in [3.63, 3.8) is 0 Å². The predicted molar refractivity (Wildman–Crippen MR) is 67.7 cm³/mol. The summed E-state index contributed by atoms with van der Waals surface area (Å²) in [7, 11) is 0. The largest absolute Gasteiger partial charge is 0.368 e. The number of carbonyl (C=O) groups is 1. The number of benzene rings is 1. The molecule has 1 fully saturated rings. The molecule has 1 amide bonds. The molecular formula is C12H16ClN3O. The Morgan fingerprint density at radius 2 is 2.41 bits per heavy atom. The molecule has 0 radical (unpaired) electrons. The fourth-order valence-corrected chi connectivity index (χ4v) is 2.30.